The SMILES string of the molecule is CCCCOc1ccc(-c2nc3s/c(=C\c4ccc(OCc5ccccc5)c(OCC)c4)c(=O)n3n2)cc1. The van der Waals surface area contributed by atoms with Crippen LogP contribution in [0.1, 0.15) is 37.8 Å². The summed E-state index contributed by atoms with van der Waals surface area (Å²) < 4.78 is 19.4. The normalized spacial score (nSPS) is 11.7. The van der Waals surface area contributed by atoms with E-state index in [2.05, 4.69) is 17.0 Å². The molecule has 0 aliphatic rings. The highest BCUT2D eigenvalue weighted by Gasteiger charge is 2.13. The molecule has 0 N–H and O–H groups in total. The maximum absolute atomic E-state index is 13.1. The van der Waals surface area contributed by atoms with Crippen LogP contribution >= 0.6 is 11.3 Å². The summed E-state index contributed by atoms with van der Waals surface area (Å²) in [4.78, 5) is 18.2. The molecule has 0 radical (unpaired) electrons. The molecule has 7 nitrogen and oxygen atoms in total. The second-order valence-corrected chi connectivity index (χ2v) is 9.69. The molecule has 0 spiro atoms. The zero-order valence-corrected chi connectivity index (χ0v) is 22.2. The van der Waals surface area contributed by atoms with Gasteiger partial charge in [-0.3, -0.25) is 4.79 Å². The van der Waals surface area contributed by atoms with Gasteiger partial charge in [-0.05, 0) is 66.9 Å². The standard InChI is InChI=1S/C30H29N3O4S/c1-3-5-17-36-24-14-12-23(13-15-24)28-31-30-33(32-28)29(34)27(38-30)19-22-11-16-25(26(18-22)35-4-2)37-20-21-9-7-6-8-10-21/h6-16,18-19H,3-5,17,20H2,1-2H3/b27-19-. The van der Waals surface area contributed by atoms with Crippen molar-refractivity contribution in [2.45, 2.75) is 33.3 Å². The van der Waals surface area contributed by atoms with Gasteiger partial charge in [0.25, 0.3) is 5.56 Å². The Kier molecular flexibility index (Phi) is 7.99. The Morgan fingerprint density at radius 1 is 0.921 bits per heavy atom. The minimum atomic E-state index is -0.203. The zero-order valence-electron chi connectivity index (χ0n) is 21.4. The van der Waals surface area contributed by atoms with Gasteiger partial charge < -0.3 is 14.2 Å². The van der Waals surface area contributed by atoms with Crippen molar-refractivity contribution in [3.8, 4) is 28.6 Å². The minimum Gasteiger partial charge on any atom is -0.494 e. The van der Waals surface area contributed by atoms with E-state index in [0.29, 0.717) is 46.6 Å². The molecule has 2 heterocycles. The average molecular weight is 528 g/mol. The summed E-state index contributed by atoms with van der Waals surface area (Å²) in [5.41, 5.74) is 2.54. The summed E-state index contributed by atoms with van der Waals surface area (Å²) in [6, 6.07) is 23.3. The first kappa shape index (κ1) is 25.5. The highest BCUT2D eigenvalue weighted by atomic mass is 32.1. The van der Waals surface area contributed by atoms with Crippen LogP contribution in [0.3, 0.4) is 0 Å². The Balaban J connectivity index is 1.36. The maximum atomic E-state index is 13.1. The average Bonchev–Trinajstić information content (AvgIpc) is 3.48. The van der Waals surface area contributed by atoms with E-state index in [1.807, 2.05) is 85.8 Å². The third-order valence-electron chi connectivity index (χ3n) is 5.86. The lowest BCUT2D eigenvalue weighted by atomic mass is 10.2. The van der Waals surface area contributed by atoms with Crippen molar-refractivity contribution in [1.29, 1.82) is 0 Å². The molecule has 5 aromatic rings. The largest absolute Gasteiger partial charge is 0.494 e. The van der Waals surface area contributed by atoms with Crippen LogP contribution in [0.5, 0.6) is 17.2 Å². The molecule has 0 saturated carbocycles. The Morgan fingerprint density at radius 2 is 1.74 bits per heavy atom. The number of ether oxygens (including phenoxy) is 3. The van der Waals surface area contributed by atoms with Gasteiger partial charge in [0.2, 0.25) is 4.96 Å². The fourth-order valence-electron chi connectivity index (χ4n) is 3.88. The van der Waals surface area contributed by atoms with E-state index in [-0.39, 0.29) is 5.56 Å². The summed E-state index contributed by atoms with van der Waals surface area (Å²) in [6.45, 7) is 5.70. The predicted octanol–water partition coefficient (Wildman–Crippen LogP) is 5.52. The van der Waals surface area contributed by atoms with Crippen molar-refractivity contribution in [2.75, 3.05) is 13.2 Å². The number of aromatic nitrogens is 3. The second-order valence-electron chi connectivity index (χ2n) is 8.69. The number of hydrogen-bond acceptors (Lipinski definition) is 7. The Morgan fingerprint density at radius 3 is 2.47 bits per heavy atom. The lowest BCUT2D eigenvalue weighted by molar-refractivity contribution is 0.269. The predicted molar refractivity (Wildman–Crippen MR) is 150 cm³/mol. The minimum absolute atomic E-state index is 0.203. The van der Waals surface area contributed by atoms with Gasteiger partial charge in [-0.2, -0.15) is 9.50 Å². The monoisotopic (exact) mass is 527 g/mol. The van der Waals surface area contributed by atoms with Crippen molar-refractivity contribution in [3.05, 3.63) is 98.8 Å². The molecular formula is C30H29N3O4S. The second kappa shape index (κ2) is 11.9. The van der Waals surface area contributed by atoms with Crippen molar-refractivity contribution < 1.29 is 14.2 Å². The number of rotatable bonds is 11. The van der Waals surface area contributed by atoms with Crippen LogP contribution in [0.25, 0.3) is 22.4 Å². The van der Waals surface area contributed by atoms with E-state index in [0.717, 1.165) is 35.3 Å². The molecule has 0 amide bonds. The molecule has 3 aromatic carbocycles. The van der Waals surface area contributed by atoms with E-state index < -0.39 is 0 Å². The van der Waals surface area contributed by atoms with Crippen LogP contribution in [0.15, 0.2) is 77.6 Å². The van der Waals surface area contributed by atoms with Gasteiger partial charge in [0.15, 0.2) is 17.3 Å². The van der Waals surface area contributed by atoms with Crippen molar-refractivity contribution >= 4 is 22.4 Å². The van der Waals surface area contributed by atoms with Crippen LogP contribution < -0.4 is 24.3 Å². The highest BCUT2D eigenvalue weighted by Crippen LogP contribution is 2.29. The number of nitrogens with zero attached hydrogens (tertiary/aromatic N) is 3. The molecule has 5 rings (SSSR count). The molecule has 8 heteroatoms. The van der Waals surface area contributed by atoms with Crippen molar-refractivity contribution in [3.63, 3.8) is 0 Å². The number of thiazole rings is 1. The van der Waals surface area contributed by atoms with Crippen LogP contribution in [0.4, 0.5) is 0 Å². The van der Waals surface area contributed by atoms with Gasteiger partial charge in [0.1, 0.15) is 12.4 Å². The van der Waals surface area contributed by atoms with Crippen LogP contribution in [-0.2, 0) is 6.61 Å². The van der Waals surface area contributed by atoms with Crippen LogP contribution in [0, 0.1) is 0 Å². The highest BCUT2D eigenvalue weighted by molar-refractivity contribution is 7.15. The van der Waals surface area contributed by atoms with Gasteiger partial charge in [-0.25, -0.2) is 0 Å². The van der Waals surface area contributed by atoms with E-state index in [4.69, 9.17) is 14.2 Å². The van der Waals surface area contributed by atoms with Gasteiger partial charge in [0, 0.05) is 5.56 Å². The Labute approximate surface area is 225 Å². The first-order chi connectivity index (χ1) is 18.6. The fraction of sp³-hybridized carbons (Fsp3) is 0.233. The summed E-state index contributed by atoms with van der Waals surface area (Å²) in [5, 5.41) is 4.46. The lowest BCUT2D eigenvalue weighted by Gasteiger charge is -2.12. The summed E-state index contributed by atoms with van der Waals surface area (Å²) in [7, 11) is 0. The number of hydrogen-bond donors (Lipinski definition) is 0. The lowest BCUT2D eigenvalue weighted by Crippen LogP contribution is -2.23. The Bertz CT molecular complexity index is 1610. The first-order valence-electron chi connectivity index (χ1n) is 12.7. The van der Waals surface area contributed by atoms with Gasteiger partial charge in [-0.15, -0.1) is 5.10 Å². The molecule has 0 saturated heterocycles. The molecule has 0 unspecified atom stereocenters. The number of benzene rings is 3. The van der Waals surface area contributed by atoms with Crippen molar-refractivity contribution in [2.24, 2.45) is 0 Å². The van der Waals surface area contributed by atoms with Gasteiger partial charge >= 0.3 is 0 Å². The molecule has 0 fully saturated rings. The fourth-order valence-corrected chi connectivity index (χ4v) is 4.79. The Hall–Kier alpha value is -4.17. The summed E-state index contributed by atoms with van der Waals surface area (Å²) >= 11 is 1.31. The molecule has 0 aliphatic heterocycles. The van der Waals surface area contributed by atoms with E-state index in [1.165, 1.54) is 15.9 Å². The first-order valence-corrected chi connectivity index (χ1v) is 13.5. The van der Waals surface area contributed by atoms with Crippen molar-refractivity contribution in [1.82, 2.24) is 14.6 Å². The molecular weight excluding hydrogens is 498 g/mol. The van der Waals surface area contributed by atoms with Gasteiger partial charge in [-0.1, -0.05) is 61.1 Å². The van der Waals surface area contributed by atoms with E-state index in [1.54, 1.807) is 0 Å². The number of unbranched alkanes of at least 4 members (excludes halogenated alkanes) is 1. The summed E-state index contributed by atoms with van der Waals surface area (Å²) in [6.07, 6.45) is 3.94. The van der Waals surface area contributed by atoms with Crippen LogP contribution in [-0.4, -0.2) is 27.8 Å². The molecule has 194 valence electrons. The zero-order chi connectivity index (χ0) is 26.3. The maximum Gasteiger partial charge on any atom is 0.291 e. The number of fused-ring (bicyclic) bond motifs is 1. The van der Waals surface area contributed by atoms with Gasteiger partial charge in [0.05, 0.1) is 17.7 Å². The van der Waals surface area contributed by atoms with E-state index in [9.17, 15) is 4.79 Å². The van der Waals surface area contributed by atoms with Crippen LogP contribution in [0.2, 0.25) is 0 Å². The smallest absolute Gasteiger partial charge is 0.291 e. The molecule has 0 atom stereocenters. The topological polar surface area (TPSA) is 75.0 Å². The van der Waals surface area contributed by atoms with E-state index >= 15 is 0 Å². The quantitative estimate of drug-likeness (QED) is 0.211. The summed E-state index contributed by atoms with van der Waals surface area (Å²) in [5.74, 6) is 2.61. The third kappa shape index (κ3) is 5.86. The molecule has 0 bridgehead atoms. The molecule has 2 aromatic heterocycles. The molecule has 0 aliphatic carbocycles. The third-order valence-corrected chi connectivity index (χ3v) is 6.82. The molecule has 38 heavy (non-hydrogen) atoms.